The van der Waals surface area contributed by atoms with Crippen LogP contribution in [0.4, 0.5) is 0 Å². The van der Waals surface area contributed by atoms with Gasteiger partial charge < -0.3 is 14.2 Å². The molecule has 2 unspecified atom stereocenters. The second-order valence-electron chi connectivity index (χ2n) is 4.92. The lowest BCUT2D eigenvalue weighted by Gasteiger charge is -2.17. The van der Waals surface area contributed by atoms with Crippen molar-refractivity contribution in [3.05, 3.63) is 60.2 Å². The maximum absolute atomic E-state index is 12.3. The van der Waals surface area contributed by atoms with Crippen molar-refractivity contribution in [1.82, 2.24) is 5.32 Å². The zero-order valence-corrected chi connectivity index (χ0v) is 12.2. The van der Waals surface area contributed by atoms with E-state index in [9.17, 15) is 4.79 Å². The first-order valence-corrected chi connectivity index (χ1v) is 7.03. The van der Waals surface area contributed by atoms with Gasteiger partial charge in [0.25, 0.3) is 0 Å². The van der Waals surface area contributed by atoms with Gasteiger partial charge in [0.1, 0.15) is 11.5 Å². The number of hydrogen-bond donors (Lipinski definition) is 1. The van der Waals surface area contributed by atoms with Crippen molar-refractivity contribution in [3.8, 4) is 11.5 Å². The standard InChI is InChI=1S/C17H17NO4/c1-20-13-7-9-14(10-8-13)22-17(19)16-15(18-11-21-16)12-5-3-2-4-6-12/h2-10,15-16,18H,11H2,1H3. The number of nitrogens with one attached hydrogen (secondary N) is 1. The number of ether oxygens (including phenoxy) is 3. The van der Waals surface area contributed by atoms with Gasteiger partial charge in [-0.3, -0.25) is 5.32 Å². The highest BCUT2D eigenvalue weighted by molar-refractivity contribution is 5.78. The normalized spacial score (nSPS) is 20.6. The molecule has 2 atom stereocenters. The highest BCUT2D eigenvalue weighted by Crippen LogP contribution is 2.25. The van der Waals surface area contributed by atoms with E-state index in [1.54, 1.807) is 31.4 Å². The second kappa shape index (κ2) is 6.60. The second-order valence-corrected chi connectivity index (χ2v) is 4.92. The van der Waals surface area contributed by atoms with Crippen LogP contribution in [0.25, 0.3) is 0 Å². The Kier molecular flexibility index (Phi) is 4.37. The van der Waals surface area contributed by atoms with E-state index >= 15 is 0 Å². The van der Waals surface area contributed by atoms with E-state index in [2.05, 4.69) is 5.32 Å². The molecule has 2 aromatic carbocycles. The minimum atomic E-state index is -0.662. The molecule has 114 valence electrons. The van der Waals surface area contributed by atoms with Crippen LogP contribution >= 0.6 is 0 Å². The SMILES string of the molecule is COc1ccc(OC(=O)C2OCNC2c2ccccc2)cc1. The molecular formula is C17H17NO4. The summed E-state index contributed by atoms with van der Waals surface area (Å²) in [6, 6.07) is 16.4. The molecule has 1 fully saturated rings. The molecular weight excluding hydrogens is 282 g/mol. The summed E-state index contributed by atoms with van der Waals surface area (Å²) in [5, 5.41) is 3.16. The number of methoxy groups -OCH3 is 1. The Balaban J connectivity index is 1.70. The third-order valence-corrected chi connectivity index (χ3v) is 3.54. The van der Waals surface area contributed by atoms with Crippen LogP contribution < -0.4 is 14.8 Å². The quantitative estimate of drug-likeness (QED) is 0.693. The van der Waals surface area contributed by atoms with Gasteiger partial charge in [-0.25, -0.2) is 4.79 Å². The van der Waals surface area contributed by atoms with Crippen LogP contribution in [-0.4, -0.2) is 25.9 Å². The minimum absolute atomic E-state index is 0.202. The van der Waals surface area contributed by atoms with Crippen molar-refractivity contribution in [2.45, 2.75) is 12.1 Å². The van der Waals surface area contributed by atoms with Crippen molar-refractivity contribution in [3.63, 3.8) is 0 Å². The van der Waals surface area contributed by atoms with Gasteiger partial charge in [-0.1, -0.05) is 30.3 Å². The average molecular weight is 299 g/mol. The molecule has 0 aliphatic carbocycles. The highest BCUT2D eigenvalue weighted by Gasteiger charge is 2.36. The van der Waals surface area contributed by atoms with Crippen LogP contribution in [0, 0.1) is 0 Å². The molecule has 22 heavy (non-hydrogen) atoms. The number of esters is 1. The molecule has 5 heteroatoms. The van der Waals surface area contributed by atoms with Gasteiger partial charge in [0.15, 0.2) is 6.10 Å². The Morgan fingerprint density at radius 1 is 1.09 bits per heavy atom. The molecule has 0 amide bonds. The Bertz CT molecular complexity index is 627. The summed E-state index contributed by atoms with van der Waals surface area (Å²) >= 11 is 0. The molecule has 1 heterocycles. The van der Waals surface area contributed by atoms with Crippen molar-refractivity contribution in [2.75, 3.05) is 13.8 Å². The van der Waals surface area contributed by atoms with Crippen molar-refractivity contribution in [2.24, 2.45) is 0 Å². The summed E-state index contributed by atoms with van der Waals surface area (Å²) < 4.78 is 16.0. The number of carbonyl (C=O) groups is 1. The number of hydrogen-bond acceptors (Lipinski definition) is 5. The first-order valence-electron chi connectivity index (χ1n) is 7.03. The fourth-order valence-corrected chi connectivity index (χ4v) is 2.41. The first-order chi connectivity index (χ1) is 10.8. The summed E-state index contributed by atoms with van der Waals surface area (Å²) in [5.74, 6) is 0.762. The Hall–Kier alpha value is -2.37. The molecule has 1 aliphatic rings. The topological polar surface area (TPSA) is 56.8 Å². The van der Waals surface area contributed by atoms with Crippen LogP contribution in [0.5, 0.6) is 11.5 Å². The van der Waals surface area contributed by atoms with E-state index in [-0.39, 0.29) is 6.04 Å². The number of rotatable bonds is 4. The largest absolute Gasteiger partial charge is 0.497 e. The van der Waals surface area contributed by atoms with Crippen LogP contribution in [0.3, 0.4) is 0 Å². The van der Waals surface area contributed by atoms with Gasteiger partial charge >= 0.3 is 5.97 Å². The molecule has 0 aromatic heterocycles. The summed E-state index contributed by atoms with van der Waals surface area (Å²) in [5.41, 5.74) is 0.997. The van der Waals surface area contributed by atoms with Crippen molar-refractivity contribution < 1.29 is 19.0 Å². The lowest BCUT2D eigenvalue weighted by atomic mass is 10.0. The average Bonchev–Trinajstić information content (AvgIpc) is 3.06. The zero-order valence-electron chi connectivity index (χ0n) is 12.2. The predicted molar refractivity (Wildman–Crippen MR) is 80.7 cm³/mol. The van der Waals surface area contributed by atoms with E-state index in [0.717, 1.165) is 5.56 Å². The summed E-state index contributed by atoms with van der Waals surface area (Å²) in [4.78, 5) is 12.3. The molecule has 2 aromatic rings. The molecule has 0 saturated carbocycles. The maximum atomic E-state index is 12.3. The van der Waals surface area contributed by atoms with Gasteiger partial charge in [-0.05, 0) is 29.8 Å². The molecule has 0 spiro atoms. The van der Waals surface area contributed by atoms with E-state index in [1.165, 1.54) is 0 Å². The fourth-order valence-electron chi connectivity index (χ4n) is 2.41. The lowest BCUT2D eigenvalue weighted by molar-refractivity contribution is -0.145. The molecule has 0 bridgehead atoms. The Morgan fingerprint density at radius 2 is 1.77 bits per heavy atom. The monoisotopic (exact) mass is 299 g/mol. The van der Waals surface area contributed by atoms with Crippen LogP contribution in [0.15, 0.2) is 54.6 Å². The van der Waals surface area contributed by atoms with Crippen molar-refractivity contribution >= 4 is 5.97 Å². The lowest BCUT2D eigenvalue weighted by Crippen LogP contribution is -2.32. The summed E-state index contributed by atoms with van der Waals surface area (Å²) in [6.45, 7) is 0.321. The molecule has 1 N–H and O–H groups in total. The minimum Gasteiger partial charge on any atom is -0.497 e. The van der Waals surface area contributed by atoms with Gasteiger partial charge in [0, 0.05) is 0 Å². The van der Waals surface area contributed by atoms with Gasteiger partial charge in [-0.15, -0.1) is 0 Å². The van der Waals surface area contributed by atoms with Gasteiger partial charge in [0.05, 0.1) is 19.9 Å². The van der Waals surface area contributed by atoms with Gasteiger partial charge in [0.2, 0.25) is 0 Å². The van der Waals surface area contributed by atoms with E-state index < -0.39 is 12.1 Å². The number of benzene rings is 2. The smallest absolute Gasteiger partial charge is 0.342 e. The Morgan fingerprint density at radius 3 is 2.45 bits per heavy atom. The zero-order chi connectivity index (χ0) is 15.4. The fraction of sp³-hybridized carbons (Fsp3) is 0.235. The maximum Gasteiger partial charge on any atom is 0.342 e. The number of carbonyl (C=O) groups excluding carboxylic acids is 1. The predicted octanol–water partition coefficient (Wildman–Crippen LogP) is 2.29. The van der Waals surface area contributed by atoms with Crippen LogP contribution in [0.1, 0.15) is 11.6 Å². The molecule has 1 aliphatic heterocycles. The molecule has 0 radical (unpaired) electrons. The van der Waals surface area contributed by atoms with E-state index in [4.69, 9.17) is 14.2 Å². The molecule has 5 nitrogen and oxygen atoms in total. The summed E-state index contributed by atoms with van der Waals surface area (Å²) in [6.07, 6.45) is -0.662. The Labute approximate surface area is 128 Å². The van der Waals surface area contributed by atoms with E-state index in [0.29, 0.717) is 18.2 Å². The van der Waals surface area contributed by atoms with E-state index in [1.807, 2.05) is 30.3 Å². The van der Waals surface area contributed by atoms with Crippen LogP contribution in [-0.2, 0) is 9.53 Å². The van der Waals surface area contributed by atoms with Gasteiger partial charge in [-0.2, -0.15) is 0 Å². The third kappa shape index (κ3) is 3.10. The van der Waals surface area contributed by atoms with Crippen molar-refractivity contribution in [1.29, 1.82) is 0 Å². The highest BCUT2D eigenvalue weighted by atomic mass is 16.6. The molecule has 3 rings (SSSR count). The van der Waals surface area contributed by atoms with Crippen LogP contribution in [0.2, 0.25) is 0 Å². The molecule has 1 saturated heterocycles. The third-order valence-electron chi connectivity index (χ3n) is 3.54. The summed E-state index contributed by atoms with van der Waals surface area (Å²) in [7, 11) is 1.59. The first kappa shape index (κ1) is 14.6.